The third-order valence-electron chi connectivity index (χ3n) is 6.85. The van der Waals surface area contributed by atoms with Gasteiger partial charge in [-0.15, -0.1) is 0 Å². The summed E-state index contributed by atoms with van der Waals surface area (Å²) in [4.78, 5) is 40.1. The number of hydrogen-bond donors (Lipinski definition) is 4. The van der Waals surface area contributed by atoms with Gasteiger partial charge in [-0.25, -0.2) is 9.97 Å². The molecule has 2 amide bonds. The van der Waals surface area contributed by atoms with Gasteiger partial charge in [0.1, 0.15) is 5.75 Å². The summed E-state index contributed by atoms with van der Waals surface area (Å²) in [5, 5.41) is 8.83. The Balaban J connectivity index is 1.19. The molecule has 216 valence electrons. The molecule has 14 heteroatoms. The van der Waals surface area contributed by atoms with Crippen molar-refractivity contribution in [2.75, 3.05) is 64.8 Å². The van der Waals surface area contributed by atoms with Crippen LogP contribution in [0.2, 0.25) is 5.15 Å². The van der Waals surface area contributed by atoms with Crippen molar-refractivity contribution in [3.8, 4) is 5.75 Å². The lowest BCUT2D eigenvalue weighted by atomic mass is 9.88. The second kappa shape index (κ2) is 13.6. The van der Waals surface area contributed by atoms with Gasteiger partial charge in [-0.1, -0.05) is 23.7 Å². The molecule has 5 N–H and O–H groups in total. The van der Waals surface area contributed by atoms with E-state index in [2.05, 4.69) is 30.9 Å². The molecule has 0 bridgehead atoms. The van der Waals surface area contributed by atoms with Crippen molar-refractivity contribution in [1.82, 2.24) is 25.5 Å². The maximum atomic E-state index is 12.9. The molecular formula is C26H35ClN8O5. The van der Waals surface area contributed by atoms with Gasteiger partial charge in [0.15, 0.2) is 35.2 Å². The molecule has 1 aromatic heterocycles. The van der Waals surface area contributed by atoms with Crippen molar-refractivity contribution in [2.24, 2.45) is 4.99 Å². The van der Waals surface area contributed by atoms with Crippen LogP contribution in [-0.2, 0) is 20.7 Å². The maximum absolute atomic E-state index is 12.9. The van der Waals surface area contributed by atoms with E-state index in [0.29, 0.717) is 57.4 Å². The molecule has 2 aliphatic rings. The van der Waals surface area contributed by atoms with Crippen molar-refractivity contribution in [1.29, 1.82) is 0 Å². The molecule has 0 saturated carbocycles. The van der Waals surface area contributed by atoms with Crippen molar-refractivity contribution >= 4 is 41.0 Å². The molecule has 0 aliphatic carbocycles. The second-order valence-electron chi connectivity index (χ2n) is 9.56. The SMILES string of the molecule is CNc1nc(N)c(Cl)nc1C(=O)NC1=NCC2(CCN(C(=O)CCc3ccc(OCOCCOC)cc3)CC2)N1. The molecule has 2 aliphatic heterocycles. The van der Waals surface area contributed by atoms with E-state index >= 15 is 0 Å². The number of ether oxygens (including phenoxy) is 3. The van der Waals surface area contributed by atoms with Crippen molar-refractivity contribution in [3.63, 3.8) is 0 Å². The summed E-state index contributed by atoms with van der Waals surface area (Å²) in [6.45, 7) is 2.89. The van der Waals surface area contributed by atoms with Crippen LogP contribution in [0.4, 0.5) is 11.6 Å². The quantitative estimate of drug-likeness (QED) is 0.228. The van der Waals surface area contributed by atoms with Crippen LogP contribution in [0.25, 0.3) is 0 Å². The predicted octanol–water partition coefficient (Wildman–Crippen LogP) is 1.44. The molecule has 2 aromatic rings. The highest BCUT2D eigenvalue weighted by Gasteiger charge is 2.40. The number of amides is 2. The van der Waals surface area contributed by atoms with E-state index in [1.807, 2.05) is 29.2 Å². The summed E-state index contributed by atoms with van der Waals surface area (Å²) in [5.41, 5.74) is 6.45. The Kier molecular flexibility index (Phi) is 9.96. The summed E-state index contributed by atoms with van der Waals surface area (Å²) < 4.78 is 15.8. The molecule has 3 heterocycles. The van der Waals surface area contributed by atoms with Gasteiger partial charge >= 0.3 is 0 Å². The van der Waals surface area contributed by atoms with Gasteiger partial charge in [0.2, 0.25) is 5.91 Å². The third-order valence-corrected chi connectivity index (χ3v) is 7.13. The van der Waals surface area contributed by atoms with E-state index in [4.69, 9.17) is 31.5 Å². The smallest absolute Gasteiger partial charge is 0.280 e. The number of nitrogens with one attached hydrogen (secondary N) is 3. The van der Waals surface area contributed by atoms with Gasteiger partial charge in [0, 0.05) is 33.7 Å². The van der Waals surface area contributed by atoms with Gasteiger partial charge in [-0.3, -0.25) is 19.9 Å². The number of carbonyl (C=O) groups is 2. The number of benzene rings is 1. The summed E-state index contributed by atoms with van der Waals surface area (Å²) in [7, 11) is 3.23. The van der Waals surface area contributed by atoms with Gasteiger partial charge in [-0.05, 0) is 37.0 Å². The lowest BCUT2D eigenvalue weighted by Gasteiger charge is -2.39. The number of nitrogen functional groups attached to an aromatic ring is 1. The maximum Gasteiger partial charge on any atom is 0.280 e. The molecule has 0 unspecified atom stereocenters. The van der Waals surface area contributed by atoms with E-state index in [1.54, 1.807) is 14.2 Å². The number of methoxy groups -OCH3 is 1. The van der Waals surface area contributed by atoms with Crippen LogP contribution in [0.1, 0.15) is 35.3 Å². The van der Waals surface area contributed by atoms with Gasteiger partial charge in [0.25, 0.3) is 5.91 Å². The fourth-order valence-electron chi connectivity index (χ4n) is 4.50. The first-order chi connectivity index (χ1) is 19.3. The van der Waals surface area contributed by atoms with E-state index in [-0.39, 0.29) is 40.7 Å². The number of aliphatic imine (C=N–C) groups is 1. The molecule has 0 atom stereocenters. The normalized spacial score (nSPS) is 15.9. The number of aromatic nitrogens is 2. The zero-order valence-electron chi connectivity index (χ0n) is 22.7. The fourth-order valence-corrected chi connectivity index (χ4v) is 4.63. The highest BCUT2D eigenvalue weighted by atomic mass is 35.5. The van der Waals surface area contributed by atoms with Crippen molar-refractivity contribution < 1.29 is 23.8 Å². The van der Waals surface area contributed by atoms with Gasteiger partial charge in [0.05, 0.1) is 25.3 Å². The van der Waals surface area contributed by atoms with E-state index < -0.39 is 5.91 Å². The van der Waals surface area contributed by atoms with Crippen molar-refractivity contribution in [3.05, 3.63) is 40.7 Å². The Morgan fingerprint density at radius 1 is 1.18 bits per heavy atom. The minimum atomic E-state index is -0.510. The van der Waals surface area contributed by atoms with Crippen molar-refractivity contribution in [2.45, 2.75) is 31.2 Å². The summed E-state index contributed by atoms with van der Waals surface area (Å²) >= 11 is 5.96. The van der Waals surface area contributed by atoms with Crippen LogP contribution in [-0.4, -0.2) is 92.0 Å². The topological polar surface area (TPSA) is 165 Å². The number of piperidine rings is 1. The molecule has 1 aromatic carbocycles. The van der Waals surface area contributed by atoms with E-state index in [1.165, 1.54) is 0 Å². The second-order valence-corrected chi connectivity index (χ2v) is 9.92. The molecule has 40 heavy (non-hydrogen) atoms. The highest BCUT2D eigenvalue weighted by Crippen LogP contribution is 2.27. The zero-order chi connectivity index (χ0) is 28.5. The summed E-state index contributed by atoms with van der Waals surface area (Å²) in [6, 6.07) is 7.67. The predicted molar refractivity (Wildman–Crippen MR) is 151 cm³/mol. The van der Waals surface area contributed by atoms with Crippen LogP contribution in [0.15, 0.2) is 29.3 Å². The highest BCUT2D eigenvalue weighted by molar-refractivity contribution is 6.31. The number of hydrogen-bond acceptors (Lipinski definition) is 11. The lowest BCUT2D eigenvalue weighted by Crippen LogP contribution is -2.57. The van der Waals surface area contributed by atoms with E-state index in [0.717, 1.165) is 18.4 Å². The molecule has 4 rings (SSSR count). The molecular weight excluding hydrogens is 540 g/mol. The first-order valence-electron chi connectivity index (χ1n) is 13.0. The average molecular weight is 575 g/mol. The Labute approximate surface area is 237 Å². The molecule has 1 saturated heterocycles. The number of anilines is 2. The molecule has 0 radical (unpaired) electrons. The largest absolute Gasteiger partial charge is 0.468 e. The minimum Gasteiger partial charge on any atom is -0.468 e. The Morgan fingerprint density at radius 3 is 2.62 bits per heavy atom. The van der Waals surface area contributed by atoms with Crippen LogP contribution < -0.4 is 26.4 Å². The lowest BCUT2D eigenvalue weighted by molar-refractivity contribution is -0.132. The summed E-state index contributed by atoms with van der Waals surface area (Å²) in [5.74, 6) is 0.922. The number of aryl methyl sites for hydroxylation is 1. The minimum absolute atomic E-state index is 0.0155. The molecule has 1 fully saturated rings. The summed E-state index contributed by atoms with van der Waals surface area (Å²) in [6.07, 6.45) is 2.51. The first kappa shape index (κ1) is 29.3. The Hall–Kier alpha value is -3.68. The first-order valence-corrected chi connectivity index (χ1v) is 13.4. The number of guanidine groups is 1. The number of likely N-dealkylation sites (tertiary alicyclic amines) is 1. The number of carbonyl (C=O) groups excluding carboxylic acids is 2. The monoisotopic (exact) mass is 574 g/mol. The number of nitrogens with two attached hydrogens (primary N) is 1. The van der Waals surface area contributed by atoms with Gasteiger partial charge in [-0.2, -0.15) is 0 Å². The fraction of sp³-hybridized carbons (Fsp3) is 0.500. The standard InChI is InChI=1S/C26H35ClN8O5/c1-29-23-20(31-21(27)22(28)32-23)24(37)33-25-30-15-26(34-25)9-11-35(12-10-26)19(36)8-5-17-3-6-18(7-4-17)40-16-39-14-13-38-2/h3-4,6-7H,5,8-16H2,1-2H3,(H3,28,29,32)(H2,30,33,34,37). The zero-order valence-corrected chi connectivity index (χ0v) is 23.4. The van der Waals surface area contributed by atoms with Crippen LogP contribution in [0.5, 0.6) is 5.75 Å². The molecule has 1 spiro atoms. The third kappa shape index (κ3) is 7.49. The number of halogens is 1. The Bertz CT molecular complexity index is 1220. The Morgan fingerprint density at radius 2 is 1.93 bits per heavy atom. The van der Waals surface area contributed by atoms with Gasteiger partial charge < -0.3 is 35.5 Å². The van der Waals surface area contributed by atoms with Crippen LogP contribution in [0.3, 0.4) is 0 Å². The molecule has 13 nitrogen and oxygen atoms in total. The number of rotatable bonds is 11. The van der Waals surface area contributed by atoms with E-state index in [9.17, 15) is 9.59 Å². The van der Waals surface area contributed by atoms with Crippen LogP contribution in [0, 0.1) is 0 Å². The number of nitrogens with zero attached hydrogens (tertiary/aromatic N) is 4. The van der Waals surface area contributed by atoms with Crippen LogP contribution >= 0.6 is 11.6 Å². The average Bonchev–Trinajstić information content (AvgIpc) is 3.35.